The predicted octanol–water partition coefficient (Wildman–Crippen LogP) is 3.87. The van der Waals surface area contributed by atoms with Crippen molar-refractivity contribution in [2.45, 2.75) is 13.1 Å². The summed E-state index contributed by atoms with van der Waals surface area (Å²) in [6.45, 7) is 1.82. The van der Waals surface area contributed by atoms with E-state index in [1.165, 1.54) is 16.8 Å². The summed E-state index contributed by atoms with van der Waals surface area (Å²) in [6.07, 6.45) is 0. The van der Waals surface area contributed by atoms with E-state index >= 15 is 0 Å². The molecule has 0 saturated carbocycles. The molecule has 4 heteroatoms. The summed E-state index contributed by atoms with van der Waals surface area (Å²) in [5.74, 6) is 0. The van der Waals surface area contributed by atoms with Gasteiger partial charge in [-0.25, -0.2) is 0 Å². The maximum atomic E-state index is 3.53. The number of benzene rings is 1. The van der Waals surface area contributed by atoms with Gasteiger partial charge in [-0.3, -0.25) is 0 Å². The molecule has 0 radical (unpaired) electrons. The summed E-state index contributed by atoms with van der Waals surface area (Å²) in [6, 6.07) is 8.62. The van der Waals surface area contributed by atoms with Gasteiger partial charge in [0.15, 0.2) is 0 Å². The third-order valence-electron chi connectivity index (χ3n) is 2.82. The lowest BCUT2D eigenvalue weighted by Crippen LogP contribution is -2.19. The van der Waals surface area contributed by atoms with E-state index in [0.29, 0.717) is 0 Å². The summed E-state index contributed by atoms with van der Waals surface area (Å²) in [4.78, 5) is 2.29. The van der Waals surface area contributed by atoms with E-state index in [1.54, 1.807) is 11.3 Å². The lowest BCUT2D eigenvalue weighted by atomic mass is 10.1. The quantitative estimate of drug-likeness (QED) is 0.898. The second-order valence-electron chi connectivity index (χ2n) is 4.29. The predicted molar refractivity (Wildman–Crippen MR) is 83.3 cm³/mol. The molecule has 2 nitrogen and oxygen atoms in total. The second-order valence-corrected chi connectivity index (χ2v) is 5.99. The zero-order valence-electron chi connectivity index (χ0n) is 10.6. The number of nitrogens with one attached hydrogen (secondary N) is 1. The summed E-state index contributed by atoms with van der Waals surface area (Å²) >= 11 is 5.28. The van der Waals surface area contributed by atoms with Crippen LogP contribution in [0.15, 0.2) is 39.5 Å². The monoisotopic (exact) mass is 324 g/mol. The van der Waals surface area contributed by atoms with Crippen molar-refractivity contribution in [3.8, 4) is 0 Å². The zero-order chi connectivity index (χ0) is 13.0. The van der Waals surface area contributed by atoms with Crippen molar-refractivity contribution in [3.63, 3.8) is 0 Å². The maximum Gasteiger partial charge on any atom is 0.0434 e. The van der Waals surface area contributed by atoms with Crippen LogP contribution in [0.2, 0.25) is 0 Å². The van der Waals surface area contributed by atoms with E-state index in [2.05, 4.69) is 68.2 Å². The molecule has 0 fully saturated rings. The van der Waals surface area contributed by atoms with Gasteiger partial charge in [-0.05, 0) is 53.2 Å². The van der Waals surface area contributed by atoms with E-state index in [0.717, 1.165) is 17.6 Å². The normalized spacial score (nSPS) is 10.6. The first-order valence-corrected chi connectivity index (χ1v) is 7.59. The van der Waals surface area contributed by atoms with Crippen molar-refractivity contribution < 1.29 is 0 Å². The van der Waals surface area contributed by atoms with Crippen LogP contribution in [0.5, 0.6) is 0 Å². The van der Waals surface area contributed by atoms with Crippen molar-refractivity contribution >= 4 is 33.0 Å². The van der Waals surface area contributed by atoms with Crippen molar-refractivity contribution in [2.75, 3.05) is 19.0 Å². The number of hydrogen-bond donors (Lipinski definition) is 1. The molecule has 1 aromatic carbocycles. The van der Waals surface area contributed by atoms with E-state index in [-0.39, 0.29) is 0 Å². The van der Waals surface area contributed by atoms with Gasteiger partial charge >= 0.3 is 0 Å². The number of halogens is 1. The highest BCUT2D eigenvalue weighted by Crippen LogP contribution is 2.25. The minimum absolute atomic E-state index is 0.878. The Bertz CT molecular complexity index is 497. The standard InChI is InChI=1S/C14H17BrN2S/c1-16-8-12-7-13(15)3-4-14(12)17(2)9-11-5-6-18-10-11/h3-7,10,16H,8-9H2,1-2H3. The van der Waals surface area contributed by atoms with Crippen LogP contribution in [0.4, 0.5) is 5.69 Å². The molecular weight excluding hydrogens is 308 g/mol. The van der Waals surface area contributed by atoms with E-state index in [1.807, 2.05) is 7.05 Å². The maximum absolute atomic E-state index is 3.53. The number of rotatable bonds is 5. The molecular formula is C14H17BrN2S. The minimum Gasteiger partial charge on any atom is -0.370 e. The first-order chi connectivity index (χ1) is 8.70. The number of nitrogens with zero attached hydrogens (tertiary/aromatic N) is 1. The molecule has 96 valence electrons. The van der Waals surface area contributed by atoms with Crippen LogP contribution in [0, 0.1) is 0 Å². The number of anilines is 1. The summed E-state index contributed by atoms with van der Waals surface area (Å²) in [5, 5.41) is 7.55. The van der Waals surface area contributed by atoms with Gasteiger partial charge < -0.3 is 10.2 Å². The summed E-state index contributed by atoms with van der Waals surface area (Å²) < 4.78 is 1.13. The smallest absolute Gasteiger partial charge is 0.0434 e. The molecule has 1 aromatic heterocycles. The average molecular weight is 325 g/mol. The van der Waals surface area contributed by atoms with E-state index < -0.39 is 0 Å². The lowest BCUT2D eigenvalue weighted by molar-refractivity contribution is 0.805. The van der Waals surface area contributed by atoms with Crippen LogP contribution in [0.25, 0.3) is 0 Å². The Morgan fingerprint density at radius 1 is 1.33 bits per heavy atom. The number of thiophene rings is 1. The topological polar surface area (TPSA) is 15.3 Å². The molecule has 0 aliphatic carbocycles. The van der Waals surface area contributed by atoms with Crippen molar-refractivity contribution in [1.82, 2.24) is 5.32 Å². The summed E-state index contributed by atoms with van der Waals surface area (Å²) in [7, 11) is 4.11. The molecule has 0 aliphatic rings. The van der Waals surface area contributed by atoms with Crippen LogP contribution in [0.3, 0.4) is 0 Å². The Morgan fingerprint density at radius 3 is 2.83 bits per heavy atom. The van der Waals surface area contributed by atoms with Gasteiger partial charge in [0.05, 0.1) is 0 Å². The largest absolute Gasteiger partial charge is 0.370 e. The second kappa shape index (κ2) is 6.36. The zero-order valence-corrected chi connectivity index (χ0v) is 13.0. The molecule has 1 heterocycles. The van der Waals surface area contributed by atoms with Gasteiger partial charge in [0.2, 0.25) is 0 Å². The SMILES string of the molecule is CNCc1cc(Br)ccc1N(C)Cc1ccsc1. The minimum atomic E-state index is 0.878. The van der Waals surface area contributed by atoms with Gasteiger partial charge in [-0.1, -0.05) is 15.9 Å². The molecule has 0 bridgehead atoms. The molecule has 0 atom stereocenters. The first kappa shape index (κ1) is 13.6. The van der Waals surface area contributed by atoms with Gasteiger partial charge in [0.25, 0.3) is 0 Å². The number of hydrogen-bond acceptors (Lipinski definition) is 3. The van der Waals surface area contributed by atoms with E-state index in [4.69, 9.17) is 0 Å². The van der Waals surface area contributed by atoms with Gasteiger partial charge in [0, 0.05) is 30.3 Å². The average Bonchev–Trinajstić information content (AvgIpc) is 2.82. The van der Waals surface area contributed by atoms with Gasteiger partial charge in [0.1, 0.15) is 0 Å². The van der Waals surface area contributed by atoms with Crippen LogP contribution in [0.1, 0.15) is 11.1 Å². The Kier molecular flexibility index (Phi) is 4.80. The third-order valence-corrected chi connectivity index (χ3v) is 4.05. The molecule has 2 rings (SSSR count). The van der Waals surface area contributed by atoms with Crippen LogP contribution >= 0.6 is 27.3 Å². The highest BCUT2D eigenvalue weighted by molar-refractivity contribution is 9.10. The molecule has 18 heavy (non-hydrogen) atoms. The van der Waals surface area contributed by atoms with E-state index in [9.17, 15) is 0 Å². The van der Waals surface area contributed by atoms with Gasteiger partial charge in [-0.2, -0.15) is 11.3 Å². The Morgan fingerprint density at radius 2 is 2.17 bits per heavy atom. The Hall–Kier alpha value is -0.840. The van der Waals surface area contributed by atoms with Crippen LogP contribution in [-0.4, -0.2) is 14.1 Å². The fraction of sp³-hybridized carbons (Fsp3) is 0.286. The van der Waals surface area contributed by atoms with Crippen molar-refractivity contribution in [1.29, 1.82) is 0 Å². The first-order valence-electron chi connectivity index (χ1n) is 5.86. The third kappa shape index (κ3) is 3.34. The Labute approximate surface area is 121 Å². The van der Waals surface area contributed by atoms with Crippen LogP contribution < -0.4 is 10.2 Å². The fourth-order valence-electron chi connectivity index (χ4n) is 2.00. The van der Waals surface area contributed by atoms with Crippen LogP contribution in [-0.2, 0) is 13.1 Å². The summed E-state index contributed by atoms with van der Waals surface area (Å²) in [5.41, 5.74) is 3.95. The molecule has 0 aliphatic heterocycles. The van der Waals surface area contributed by atoms with Gasteiger partial charge in [-0.15, -0.1) is 0 Å². The lowest BCUT2D eigenvalue weighted by Gasteiger charge is -2.22. The molecule has 0 spiro atoms. The highest BCUT2D eigenvalue weighted by Gasteiger charge is 2.08. The molecule has 0 unspecified atom stereocenters. The molecule has 2 aromatic rings. The molecule has 1 N–H and O–H groups in total. The fourth-order valence-corrected chi connectivity index (χ4v) is 3.07. The Balaban J connectivity index is 2.20. The van der Waals surface area contributed by atoms with Crippen molar-refractivity contribution in [2.24, 2.45) is 0 Å². The molecule has 0 amide bonds. The highest BCUT2D eigenvalue weighted by atomic mass is 79.9. The molecule has 0 saturated heterocycles. The van der Waals surface area contributed by atoms with Crippen molar-refractivity contribution in [3.05, 3.63) is 50.6 Å².